The summed E-state index contributed by atoms with van der Waals surface area (Å²) < 4.78 is 25.2. The first kappa shape index (κ1) is 25.5. The number of hydrogen-bond acceptors (Lipinski definition) is 4. The normalized spacial score (nSPS) is 11.2. The van der Waals surface area contributed by atoms with Crippen LogP contribution in [0.15, 0.2) is 100 Å². The van der Waals surface area contributed by atoms with Crippen molar-refractivity contribution >= 4 is 43.1 Å². The van der Waals surface area contributed by atoms with E-state index in [0.29, 0.717) is 33.5 Å². The summed E-state index contributed by atoms with van der Waals surface area (Å²) in [4.78, 5) is 26.3. The molecule has 5 nitrogen and oxygen atoms in total. The maximum absolute atomic E-state index is 13.1. The Morgan fingerprint density at radius 3 is 2.22 bits per heavy atom. The predicted molar refractivity (Wildman–Crippen MR) is 146 cm³/mol. The van der Waals surface area contributed by atoms with Crippen LogP contribution in [0.5, 0.6) is 0 Å². The fraction of sp³-hybridized carbons (Fsp3) is 0.103. The zero-order chi connectivity index (χ0) is 25.9. The maximum Gasteiger partial charge on any atom is 0.255 e. The second-order valence-electron chi connectivity index (χ2n) is 8.52. The van der Waals surface area contributed by atoms with Crippen molar-refractivity contribution in [3.63, 3.8) is 0 Å². The summed E-state index contributed by atoms with van der Waals surface area (Å²) in [6.07, 6.45) is 1.23. The number of carbonyl (C=O) groups excluding carboxylic acids is 2. The van der Waals surface area contributed by atoms with Gasteiger partial charge in [0.1, 0.15) is 0 Å². The number of Topliss-reactive ketones (excluding diaryl/α,β-unsaturated/α-hetero) is 1. The zero-order valence-electron chi connectivity index (χ0n) is 19.8. The molecule has 0 radical (unpaired) electrons. The summed E-state index contributed by atoms with van der Waals surface area (Å²) in [6.45, 7) is 1.91. The van der Waals surface area contributed by atoms with Crippen LogP contribution in [-0.4, -0.2) is 26.4 Å². The number of amides is 1. The van der Waals surface area contributed by atoms with Gasteiger partial charge >= 0.3 is 0 Å². The van der Waals surface area contributed by atoms with E-state index in [9.17, 15) is 18.0 Å². The smallest absolute Gasteiger partial charge is 0.255 e. The van der Waals surface area contributed by atoms with Crippen LogP contribution >= 0.6 is 15.9 Å². The molecule has 1 amide bonds. The third-order valence-corrected chi connectivity index (χ3v) is 7.50. The van der Waals surface area contributed by atoms with Crippen LogP contribution in [0, 0.1) is 6.92 Å². The van der Waals surface area contributed by atoms with Crippen LogP contribution in [0.3, 0.4) is 0 Å². The van der Waals surface area contributed by atoms with Gasteiger partial charge in [-0.05, 0) is 53.9 Å². The lowest BCUT2D eigenvalue weighted by atomic mass is 9.96. The molecule has 0 spiro atoms. The summed E-state index contributed by atoms with van der Waals surface area (Å²) >= 11 is 3.42. The van der Waals surface area contributed by atoms with Gasteiger partial charge in [-0.3, -0.25) is 9.59 Å². The van der Waals surface area contributed by atoms with Gasteiger partial charge in [0.15, 0.2) is 15.6 Å². The largest absolute Gasteiger partial charge is 0.322 e. The first-order valence-electron chi connectivity index (χ1n) is 11.2. The van der Waals surface area contributed by atoms with Gasteiger partial charge in [-0.2, -0.15) is 0 Å². The number of halogens is 1. The van der Waals surface area contributed by atoms with Crippen molar-refractivity contribution in [1.29, 1.82) is 0 Å². The minimum absolute atomic E-state index is 0.0577. The molecule has 0 saturated heterocycles. The quantitative estimate of drug-likeness (QED) is 0.261. The van der Waals surface area contributed by atoms with Gasteiger partial charge < -0.3 is 5.32 Å². The van der Waals surface area contributed by atoms with Crippen LogP contribution in [0.2, 0.25) is 0 Å². The summed E-state index contributed by atoms with van der Waals surface area (Å²) in [5.74, 6) is -0.422. The lowest BCUT2D eigenvalue weighted by Crippen LogP contribution is -2.16. The van der Waals surface area contributed by atoms with E-state index < -0.39 is 9.84 Å². The van der Waals surface area contributed by atoms with Gasteiger partial charge in [0.05, 0.1) is 4.90 Å². The molecule has 4 rings (SSSR count). The molecular weight excluding hydrogens is 538 g/mol. The number of carbonyl (C=O) groups is 2. The van der Waals surface area contributed by atoms with Gasteiger partial charge in [-0.1, -0.05) is 76.6 Å². The standard InChI is InChI=1S/C29H24BrNO4S/c1-19-17-23(30)15-16-26(19)31-29(33)25-9-4-3-7-22(25)18-27(32)21-13-11-20(12-14-21)24-8-5-6-10-28(24)36(2,34)35/h3-17H,18H2,1-2H3,(H,31,33). The predicted octanol–water partition coefficient (Wildman–Crippen LogP) is 6.51. The fourth-order valence-corrected chi connectivity index (χ4v) is 5.38. The number of sulfone groups is 1. The van der Waals surface area contributed by atoms with Crippen LogP contribution < -0.4 is 5.32 Å². The molecule has 0 unspecified atom stereocenters. The highest BCUT2D eigenvalue weighted by atomic mass is 79.9. The average molecular weight is 562 g/mol. The van der Waals surface area contributed by atoms with Crippen molar-refractivity contribution in [2.75, 3.05) is 11.6 Å². The molecule has 4 aromatic carbocycles. The van der Waals surface area contributed by atoms with Crippen LogP contribution in [-0.2, 0) is 16.3 Å². The van der Waals surface area contributed by atoms with E-state index in [1.807, 2.05) is 25.1 Å². The molecule has 0 fully saturated rings. The van der Waals surface area contributed by atoms with E-state index in [4.69, 9.17) is 0 Å². The minimum Gasteiger partial charge on any atom is -0.322 e. The average Bonchev–Trinajstić information content (AvgIpc) is 2.85. The lowest BCUT2D eigenvalue weighted by Gasteiger charge is -2.12. The molecule has 0 aliphatic heterocycles. The summed E-state index contributed by atoms with van der Waals surface area (Å²) in [5, 5.41) is 2.93. The molecule has 0 aliphatic carbocycles. The number of aryl methyl sites for hydroxylation is 1. The Kier molecular flexibility index (Phi) is 7.52. The first-order valence-corrected chi connectivity index (χ1v) is 13.9. The molecule has 0 heterocycles. The number of rotatable bonds is 7. The Morgan fingerprint density at radius 1 is 0.861 bits per heavy atom. The molecule has 7 heteroatoms. The molecule has 1 N–H and O–H groups in total. The number of nitrogens with one attached hydrogen (secondary N) is 1. The highest BCUT2D eigenvalue weighted by molar-refractivity contribution is 9.10. The van der Waals surface area contributed by atoms with Gasteiger partial charge in [-0.25, -0.2) is 8.42 Å². The van der Waals surface area contributed by atoms with Gasteiger partial charge in [0.25, 0.3) is 5.91 Å². The zero-order valence-corrected chi connectivity index (χ0v) is 22.2. The third-order valence-electron chi connectivity index (χ3n) is 5.85. The fourth-order valence-electron chi connectivity index (χ4n) is 3.99. The van der Waals surface area contributed by atoms with E-state index in [1.165, 1.54) is 6.26 Å². The molecule has 36 heavy (non-hydrogen) atoms. The molecule has 182 valence electrons. The van der Waals surface area contributed by atoms with E-state index in [-0.39, 0.29) is 23.0 Å². The van der Waals surface area contributed by atoms with Crippen LogP contribution in [0.25, 0.3) is 11.1 Å². The van der Waals surface area contributed by atoms with Crippen molar-refractivity contribution in [2.45, 2.75) is 18.2 Å². The number of hydrogen-bond donors (Lipinski definition) is 1. The van der Waals surface area contributed by atoms with E-state index in [0.717, 1.165) is 10.0 Å². The van der Waals surface area contributed by atoms with Crippen molar-refractivity contribution in [3.05, 3.63) is 118 Å². The highest BCUT2D eigenvalue weighted by Crippen LogP contribution is 2.28. The second kappa shape index (κ2) is 10.6. The molecule has 0 bridgehead atoms. The van der Waals surface area contributed by atoms with Crippen molar-refractivity contribution in [2.24, 2.45) is 0 Å². The Balaban J connectivity index is 1.54. The van der Waals surface area contributed by atoms with E-state index in [2.05, 4.69) is 21.2 Å². The monoisotopic (exact) mass is 561 g/mol. The summed E-state index contributed by atoms with van der Waals surface area (Å²) in [5.41, 5.74) is 4.46. The van der Waals surface area contributed by atoms with Gasteiger partial charge in [0, 0.05) is 39.5 Å². The SMILES string of the molecule is Cc1cc(Br)ccc1NC(=O)c1ccccc1CC(=O)c1ccc(-c2ccccc2S(C)(=O)=O)cc1. The Labute approximate surface area is 219 Å². The number of anilines is 1. The summed E-state index contributed by atoms with van der Waals surface area (Å²) in [6, 6.07) is 26.3. The Bertz CT molecular complexity index is 1560. The lowest BCUT2D eigenvalue weighted by molar-refractivity contribution is 0.0992. The van der Waals surface area contributed by atoms with Crippen molar-refractivity contribution in [1.82, 2.24) is 0 Å². The van der Waals surface area contributed by atoms with Gasteiger partial charge in [0.2, 0.25) is 0 Å². The maximum atomic E-state index is 13.1. The molecule has 0 aliphatic rings. The molecule has 4 aromatic rings. The Hall–Kier alpha value is -3.55. The molecule has 0 saturated carbocycles. The molecular formula is C29H24BrNO4S. The van der Waals surface area contributed by atoms with E-state index in [1.54, 1.807) is 72.8 Å². The highest BCUT2D eigenvalue weighted by Gasteiger charge is 2.17. The first-order chi connectivity index (χ1) is 17.1. The number of ketones is 1. The van der Waals surface area contributed by atoms with Crippen molar-refractivity contribution < 1.29 is 18.0 Å². The van der Waals surface area contributed by atoms with E-state index >= 15 is 0 Å². The minimum atomic E-state index is -3.40. The van der Waals surface area contributed by atoms with Crippen molar-refractivity contribution in [3.8, 4) is 11.1 Å². The van der Waals surface area contributed by atoms with Crippen LogP contribution in [0.4, 0.5) is 5.69 Å². The topological polar surface area (TPSA) is 80.3 Å². The molecule has 0 aromatic heterocycles. The summed E-state index contributed by atoms with van der Waals surface area (Å²) in [7, 11) is -3.40. The van der Waals surface area contributed by atoms with Crippen LogP contribution in [0.1, 0.15) is 31.8 Å². The molecule has 0 atom stereocenters. The van der Waals surface area contributed by atoms with Gasteiger partial charge in [-0.15, -0.1) is 0 Å². The third kappa shape index (κ3) is 5.80. The Morgan fingerprint density at radius 2 is 1.53 bits per heavy atom. The second-order valence-corrected chi connectivity index (χ2v) is 11.4. The number of benzene rings is 4.